The molecule has 0 saturated heterocycles. The molecule has 1 aromatic carbocycles. The average Bonchev–Trinajstić information content (AvgIpc) is 3.02. The molecule has 1 N–H and O–H groups in total. The molecule has 0 saturated carbocycles. The molecule has 3 rings (SSSR count). The summed E-state index contributed by atoms with van der Waals surface area (Å²) in [6, 6.07) is 8.43. The van der Waals surface area contributed by atoms with Gasteiger partial charge in [0, 0.05) is 41.5 Å². The molecule has 0 atom stereocenters. The molecule has 1 amide bonds. The number of alkyl halides is 2. The highest BCUT2D eigenvalue weighted by atomic mass is 32.2. The lowest BCUT2D eigenvalue weighted by molar-refractivity contribution is 0.0947. The fourth-order valence-electron chi connectivity index (χ4n) is 2.72. The summed E-state index contributed by atoms with van der Waals surface area (Å²) < 4.78 is 24.5. The van der Waals surface area contributed by atoms with Crippen molar-refractivity contribution in [2.24, 2.45) is 0 Å². The number of thiophene rings is 1. The maximum Gasteiger partial charge on any atom is 0.288 e. The number of hydrogen-bond donors (Lipinski definition) is 1. The molecule has 1 aliphatic heterocycles. The number of nitrogens with zero attached hydrogens (tertiary/aromatic N) is 1. The fourth-order valence-corrected chi connectivity index (χ4v) is 4.10. The zero-order valence-corrected chi connectivity index (χ0v) is 14.6. The van der Waals surface area contributed by atoms with E-state index >= 15 is 0 Å². The predicted octanol–water partition coefficient (Wildman–Crippen LogP) is 3.85. The minimum absolute atomic E-state index is 0.170. The molecule has 0 aliphatic carbocycles. The van der Waals surface area contributed by atoms with Crippen LogP contribution in [0.4, 0.5) is 8.78 Å². The second-order valence-electron chi connectivity index (χ2n) is 5.55. The normalized spacial score (nSPS) is 14.6. The van der Waals surface area contributed by atoms with Gasteiger partial charge in [0.05, 0.1) is 0 Å². The summed E-state index contributed by atoms with van der Waals surface area (Å²) >= 11 is 2.29. The van der Waals surface area contributed by atoms with Gasteiger partial charge in [-0.15, -0.1) is 11.3 Å². The first-order chi connectivity index (χ1) is 11.6. The van der Waals surface area contributed by atoms with E-state index in [9.17, 15) is 13.6 Å². The second kappa shape index (κ2) is 8.09. The standard InChI is InChI=1S/C17H18F2N2OS2/c18-17(19)24-14-3-1-12(2-4-14)16(22)20-7-9-21-8-5-15-13(11-21)6-10-23-15/h1-4,6,10,17H,5,7-9,11H2,(H,20,22). The molecule has 7 heteroatoms. The summed E-state index contributed by atoms with van der Waals surface area (Å²) in [4.78, 5) is 16.4. The molecule has 2 heterocycles. The number of hydrogen-bond acceptors (Lipinski definition) is 4. The highest BCUT2D eigenvalue weighted by Gasteiger charge is 2.17. The van der Waals surface area contributed by atoms with Crippen molar-refractivity contribution in [2.75, 3.05) is 19.6 Å². The summed E-state index contributed by atoms with van der Waals surface area (Å²) in [7, 11) is 0. The van der Waals surface area contributed by atoms with Crippen LogP contribution in [0.25, 0.3) is 0 Å². The van der Waals surface area contributed by atoms with E-state index in [1.807, 2.05) is 11.3 Å². The van der Waals surface area contributed by atoms with Gasteiger partial charge in [-0.2, -0.15) is 8.78 Å². The zero-order chi connectivity index (χ0) is 16.9. The van der Waals surface area contributed by atoms with E-state index in [-0.39, 0.29) is 5.91 Å². The van der Waals surface area contributed by atoms with Crippen LogP contribution in [0, 0.1) is 0 Å². The van der Waals surface area contributed by atoms with Gasteiger partial charge < -0.3 is 5.32 Å². The van der Waals surface area contributed by atoms with Gasteiger partial charge in [0.1, 0.15) is 0 Å². The van der Waals surface area contributed by atoms with E-state index in [1.54, 1.807) is 24.3 Å². The second-order valence-corrected chi connectivity index (χ2v) is 7.62. The predicted molar refractivity (Wildman–Crippen MR) is 93.9 cm³/mol. The van der Waals surface area contributed by atoms with Gasteiger partial charge in [0.25, 0.3) is 11.7 Å². The van der Waals surface area contributed by atoms with Crippen LogP contribution < -0.4 is 5.32 Å². The van der Waals surface area contributed by atoms with Crippen molar-refractivity contribution >= 4 is 29.0 Å². The van der Waals surface area contributed by atoms with Crippen LogP contribution in [0.5, 0.6) is 0 Å². The molecular formula is C17H18F2N2OS2. The highest BCUT2D eigenvalue weighted by molar-refractivity contribution is 7.99. The van der Waals surface area contributed by atoms with Crippen LogP contribution in [-0.2, 0) is 13.0 Å². The van der Waals surface area contributed by atoms with Crippen molar-refractivity contribution in [1.29, 1.82) is 0 Å². The van der Waals surface area contributed by atoms with E-state index in [2.05, 4.69) is 21.7 Å². The summed E-state index contributed by atoms with van der Waals surface area (Å²) in [6.07, 6.45) is 1.07. The van der Waals surface area contributed by atoms with Crippen molar-refractivity contribution in [3.8, 4) is 0 Å². The Labute approximate surface area is 148 Å². The minimum atomic E-state index is -2.45. The van der Waals surface area contributed by atoms with Gasteiger partial charge in [-0.05, 0) is 47.7 Å². The fraction of sp³-hybridized carbons (Fsp3) is 0.353. The Morgan fingerprint density at radius 1 is 1.29 bits per heavy atom. The first-order valence-electron chi connectivity index (χ1n) is 7.72. The van der Waals surface area contributed by atoms with Gasteiger partial charge in [-0.3, -0.25) is 9.69 Å². The number of fused-ring (bicyclic) bond motifs is 1. The Morgan fingerprint density at radius 2 is 2.08 bits per heavy atom. The van der Waals surface area contributed by atoms with Crippen LogP contribution in [0.1, 0.15) is 20.8 Å². The molecule has 1 aliphatic rings. The van der Waals surface area contributed by atoms with Crippen molar-refractivity contribution in [3.05, 3.63) is 51.7 Å². The van der Waals surface area contributed by atoms with Gasteiger partial charge in [0.2, 0.25) is 0 Å². The van der Waals surface area contributed by atoms with Crippen LogP contribution >= 0.6 is 23.1 Å². The number of thioether (sulfide) groups is 1. The maximum atomic E-state index is 12.3. The lowest BCUT2D eigenvalue weighted by Crippen LogP contribution is -2.37. The van der Waals surface area contributed by atoms with Crippen LogP contribution in [0.15, 0.2) is 40.6 Å². The molecule has 128 valence electrons. The minimum Gasteiger partial charge on any atom is -0.351 e. The number of carbonyl (C=O) groups excluding carboxylic acids is 1. The number of rotatable bonds is 6. The Bertz CT molecular complexity index is 688. The highest BCUT2D eigenvalue weighted by Crippen LogP contribution is 2.25. The third-order valence-electron chi connectivity index (χ3n) is 3.94. The largest absolute Gasteiger partial charge is 0.351 e. The van der Waals surface area contributed by atoms with Crippen molar-refractivity contribution < 1.29 is 13.6 Å². The van der Waals surface area contributed by atoms with Gasteiger partial charge >= 0.3 is 0 Å². The van der Waals surface area contributed by atoms with E-state index in [0.717, 1.165) is 26.1 Å². The number of carbonyl (C=O) groups is 1. The molecule has 3 nitrogen and oxygen atoms in total. The smallest absolute Gasteiger partial charge is 0.288 e. The number of amides is 1. The SMILES string of the molecule is O=C(NCCN1CCc2sccc2C1)c1ccc(SC(F)F)cc1. The van der Waals surface area contributed by atoms with Crippen molar-refractivity contribution in [2.45, 2.75) is 23.6 Å². The molecule has 0 spiro atoms. The third-order valence-corrected chi connectivity index (χ3v) is 5.69. The molecule has 1 aromatic heterocycles. The summed E-state index contributed by atoms with van der Waals surface area (Å²) in [5, 5.41) is 5.02. The molecule has 0 fully saturated rings. The number of benzene rings is 1. The Hall–Kier alpha value is -1.44. The van der Waals surface area contributed by atoms with Crippen LogP contribution in [0.3, 0.4) is 0 Å². The maximum absolute atomic E-state index is 12.3. The van der Waals surface area contributed by atoms with E-state index in [0.29, 0.717) is 28.8 Å². The van der Waals surface area contributed by atoms with Gasteiger partial charge in [-0.1, -0.05) is 11.8 Å². The first kappa shape index (κ1) is 17.4. The first-order valence-corrected chi connectivity index (χ1v) is 9.48. The van der Waals surface area contributed by atoms with Crippen LogP contribution in [-0.4, -0.2) is 36.2 Å². The Morgan fingerprint density at radius 3 is 2.83 bits per heavy atom. The molecule has 2 aromatic rings. The average molecular weight is 368 g/mol. The van der Waals surface area contributed by atoms with E-state index in [4.69, 9.17) is 0 Å². The molecule has 0 bridgehead atoms. The third kappa shape index (κ3) is 4.55. The summed E-state index contributed by atoms with van der Waals surface area (Å²) in [5.41, 5.74) is 1.89. The van der Waals surface area contributed by atoms with E-state index in [1.165, 1.54) is 10.4 Å². The Kier molecular flexibility index (Phi) is 5.86. The Balaban J connectivity index is 1.44. The van der Waals surface area contributed by atoms with Gasteiger partial charge in [0.15, 0.2) is 0 Å². The van der Waals surface area contributed by atoms with Crippen LogP contribution in [0.2, 0.25) is 0 Å². The zero-order valence-electron chi connectivity index (χ0n) is 13.0. The quantitative estimate of drug-likeness (QED) is 0.786. The molecular weight excluding hydrogens is 350 g/mol. The molecule has 24 heavy (non-hydrogen) atoms. The lowest BCUT2D eigenvalue weighted by atomic mass is 10.1. The molecule has 0 radical (unpaired) electrons. The summed E-state index contributed by atoms with van der Waals surface area (Å²) in [5.74, 6) is -2.62. The molecule has 0 unspecified atom stereocenters. The lowest BCUT2D eigenvalue weighted by Gasteiger charge is -2.26. The summed E-state index contributed by atoms with van der Waals surface area (Å²) in [6.45, 7) is 3.34. The van der Waals surface area contributed by atoms with Crippen molar-refractivity contribution in [3.63, 3.8) is 0 Å². The monoisotopic (exact) mass is 368 g/mol. The number of halogens is 2. The van der Waals surface area contributed by atoms with Crippen molar-refractivity contribution in [1.82, 2.24) is 10.2 Å². The van der Waals surface area contributed by atoms with E-state index < -0.39 is 5.76 Å². The van der Waals surface area contributed by atoms with Gasteiger partial charge in [-0.25, -0.2) is 0 Å². The topological polar surface area (TPSA) is 32.3 Å². The number of nitrogens with one attached hydrogen (secondary N) is 1.